The summed E-state index contributed by atoms with van der Waals surface area (Å²) in [4.78, 5) is 0. The van der Waals surface area contributed by atoms with Gasteiger partial charge in [-0.2, -0.15) is 0 Å². The van der Waals surface area contributed by atoms with Gasteiger partial charge < -0.3 is 14.6 Å². The van der Waals surface area contributed by atoms with Gasteiger partial charge in [-0.1, -0.05) is 18.7 Å². The Morgan fingerprint density at radius 3 is 3.00 bits per heavy atom. The molecule has 0 saturated carbocycles. The molecule has 2 heterocycles. The lowest BCUT2D eigenvalue weighted by Gasteiger charge is -2.43. The van der Waals surface area contributed by atoms with E-state index >= 15 is 0 Å². The van der Waals surface area contributed by atoms with E-state index in [0.717, 1.165) is 12.0 Å². The zero-order valence-corrected chi connectivity index (χ0v) is 9.32. The molecule has 0 radical (unpaired) electrons. The molecule has 0 aliphatic carbocycles. The summed E-state index contributed by atoms with van der Waals surface area (Å²) in [6, 6.07) is 0. The molecule has 0 aromatic carbocycles. The van der Waals surface area contributed by atoms with Crippen molar-refractivity contribution in [3.05, 3.63) is 24.3 Å². The van der Waals surface area contributed by atoms with Gasteiger partial charge in [0.25, 0.3) is 0 Å². The normalized spacial score (nSPS) is 43.7. The van der Waals surface area contributed by atoms with E-state index in [-0.39, 0.29) is 18.3 Å². The van der Waals surface area contributed by atoms with Gasteiger partial charge in [-0.3, -0.25) is 0 Å². The van der Waals surface area contributed by atoms with Crippen LogP contribution in [0.5, 0.6) is 0 Å². The summed E-state index contributed by atoms with van der Waals surface area (Å²) >= 11 is 0. The third-order valence-corrected chi connectivity index (χ3v) is 3.07. The van der Waals surface area contributed by atoms with Crippen LogP contribution in [0.1, 0.15) is 20.3 Å². The zero-order chi connectivity index (χ0) is 11.1. The van der Waals surface area contributed by atoms with Crippen molar-refractivity contribution in [3.8, 4) is 0 Å². The Morgan fingerprint density at radius 1 is 1.60 bits per heavy atom. The lowest BCUT2D eigenvalue weighted by molar-refractivity contribution is -0.159. The first kappa shape index (κ1) is 10.9. The number of aliphatic hydroxyl groups is 1. The lowest BCUT2D eigenvalue weighted by Crippen LogP contribution is -2.50. The molecule has 1 fully saturated rings. The van der Waals surface area contributed by atoms with Crippen LogP contribution >= 0.6 is 0 Å². The molecule has 2 rings (SSSR count). The fraction of sp³-hybridized carbons (Fsp3) is 0.667. The van der Waals surface area contributed by atoms with Crippen LogP contribution in [-0.4, -0.2) is 35.6 Å². The molecule has 3 nitrogen and oxygen atoms in total. The summed E-state index contributed by atoms with van der Waals surface area (Å²) in [5.41, 5.74) is 0.411. The number of rotatable bonds is 3. The molecule has 84 valence electrons. The summed E-state index contributed by atoms with van der Waals surface area (Å²) in [5, 5.41) is 8.77. The molecular weight excluding hydrogens is 192 g/mol. The number of ether oxygens (including phenoxy) is 2. The number of aliphatic hydroxyl groups excluding tert-OH is 1. The van der Waals surface area contributed by atoms with Crippen molar-refractivity contribution in [2.75, 3.05) is 13.2 Å². The van der Waals surface area contributed by atoms with Gasteiger partial charge in [0.15, 0.2) is 0 Å². The minimum atomic E-state index is -0.417. The Kier molecular flexibility index (Phi) is 2.49. The van der Waals surface area contributed by atoms with Crippen molar-refractivity contribution in [3.63, 3.8) is 0 Å². The van der Waals surface area contributed by atoms with Gasteiger partial charge in [-0.15, -0.1) is 0 Å². The Hall–Kier alpha value is -0.640. The Morgan fingerprint density at radius 2 is 2.33 bits per heavy atom. The Balaban J connectivity index is 2.18. The van der Waals surface area contributed by atoms with Gasteiger partial charge >= 0.3 is 0 Å². The third kappa shape index (κ3) is 1.75. The summed E-state index contributed by atoms with van der Waals surface area (Å²) in [5.74, 6) is 0. The minimum Gasteiger partial charge on any atom is -0.394 e. The second-order valence-corrected chi connectivity index (χ2v) is 4.74. The van der Waals surface area contributed by atoms with Crippen molar-refractivity contribution < 1.29 is 14.6 Å². The highest BCUT2D eigenvalue weighted by atomic mass is 16.6. The van der Waals surface area contributed by atoms with E-state index in [1.807, 2.05) is 13.0 Å². The van der Waals surface area contributed by atoms with E-state index < -0.39 is 5.60 Å². The highest BCUT2D eigenvalue weighted by molar-refractivity contribution is 5.32. The molecule has 2 bridgehead atoms. The lowest BCUT2D eigenvalue weighted by atomic mass is 9.87. The van der Waals surface area contributed by atoms with Crippen molar-refractivity contribution in [1.29, 1.82) is 0 Å². The van der Waals surface area contributed by atoms with Crippen LogP contribution in [-0.2, 0) is 9.47 Å². The molecule has 3 atom stereocenters. The number of hydrogen-bond donors (Lipinski definition) is 1. The fourth-order valence-electron chi connectivity index (χ4n) is 2.55. The van der Waals surface area contributed by atoms with Crippen molar-refractivity contribution in [1.82, 2.24) is 0 Å². The van der Waals surface area contributed by atoms with E-state index in [4.69, 9.17) is 14.6 Å². The Bertz CT molecular complexity index is 310. The topological polar surface area (TPSA) is 38.7 Å². The van der Waals surface area contributed by atoms with Crippen molar-refractivity contribution in [2.24, 2.45) is 0 Å². The summed E-state index contributed by atoms with van der Waals surface area (Å²) in [6.45, 7) is 8.47. The maximum atomic E-state index is 8.77. The molecule has 1 unspecified atom stereocenters. The predicted octanol–water partition coefficient (Wildman–Crippen LogP) is 1.43. The molecule has 1 N–H and O–H groups in total. The molecule has 0 amide bonds. The first-order chi connectivity index (χ1) is 6.99. The second kappa shape index (κ2) is 3.44. The van der Waals surface area contributed by atoms with Gasteiger partial charge in [-0.25, -0.2) is 0 Å². The van der Waals surface area contributed by atoms with E-state index in [0.29, 0.717) is 6.61 Å². The molecule has 0 aromatic rings. The van der Waals surface area contributed by atoms with Crippen molar-refractivity contribution >= 4 is 0 Å². The SMILES string of the molecule is C=C1C[C@@]2(C)C=C[C@](C)(O2)C1OCCO. The first-order valence-corrected chi connectivity index (χ1v) is 5.30. The number of fused-ring (bicyclic) bond motifs is 2. The van der Waals surface area contributed by atoms with E-state index in [1.54, 1.807) is 0 Å². The van der Waals surface area contributed by atoms with Gasteiger partial charge in [0, 0.05) is 6.42 Å². The Labute approximate surface area is 90.4 Å². The summed E-state index contributed by atoms with van der Waals surface area (Å²) in [7, 11) is 0. The maximum absolute atomic E-state index is 8.77. The van der Waals surface area contributed by atoms with Crippen LogP contribution in [0.4, 0.5) is 0 Å². The van der Waals surface area contributed by atoms with E-state index in [1.165, 1.54) is 0 Å². The quantitative estimate of drug-likeness (QED) is 0.716. The van der Waals surface area contributed by atoms with E-state index in [9.17, 15) is 0 Å². The molecule has 0 spiro atoms. The first-order valence-electron chi connectivity index (χ1n) is 5.30. The second-order valence-electron chi connectivity index (χ2n) is 4.74. The molecule has 1 saturated heterocycles. The summed E-state index contributed by atoms with van der Waals surface area (Å²) in [6.07, 6.45) is 4.78. The van der Waals surface area contributed by atoms with Gasteiger partial charge in [-0.05, 0) is 19.4 Å². The van der Waals surface area contributed by atoms with Gasteiger partial charge in [0.05, 0.1) is 18.8 Å². The average Bonchev–Trinajstić information content (AvgIpc) is 2.39. The van der Waals surface area contributed by atoms with Crippen molar-refractivity contribution in [2.45, 2.75) is 37.6 Å². The highest BCUT2D eigenvalue weighted by Crippen LogP contribution is 2.45. The van der Waals surface area contributed by atoms with Crippen LogP contribution < -0.4 is 0 Å². The molecule has 15 heavy (non-hydrogen) atoms. The molecular formula is C12H18O3. The van der Waals surface area contributed by atoms with Crippen LogP contribution in [0.25, 0.3) is 0 Å². The monoisotopic (exact) mass is 210 g/mol. The predicted molar refractivity (Wildman–Crippen MR) is 57.6 cm³/mol. The van der Waals surface area contributed by atoms with E-state index in [2.05, 4.69) is 19.6 Å². The number of hydrogen-bond acceptors (Lipinski definition) is 3. The smallest absolute Gasteiger partial charge is 0.115 e. The molecule has 0 aromatic heterocycles. The van der Waals surface area contributed by atoms with Crippen LogP contribution in [0.3, 0.4) is 0 Å². The fourth-order valence-corrected chi connectivity index (χ4v) is 2.55. The standard InChI is InChI=1S/C12H18O3/c1-9-8-11(2)4-5-12(3,15-11)10(9)14-7-6-13/h4-5,10,13H,1,6-8H2,2-3H3/t10?,11-,12+/m1/s1. The van der Waals surface area contributed by atoms with Gasteiger partial charge in [0.1, 0.15) is 11.7 Å². The minimum absolute atomic E-state index is 0.0286. The largest absolute Gasteiger partial charge is 0.394 e. The third-order valence-electron chi connectivity index (χ3n) is 3.07. The zero-order valence-electron chi connectivity index (χ0n) is 9.32. The van der Waals surface area contributed by atoms with Gasteiger partial charge in [0.2, 0.25) is 0 Å². The summed E-state index contributed by atoms with van der Waals surface area (Å²) < 4.78 is 11.6. The molecule has 3 heteroatoms. The average molecular weight is 210 g/mol. The maximum Gasteiger partial charge on any atom is 0.115 e. The van der Waals surface area contributed by atoms with Crippen LogP contribution in [0, 0.1) is 0 Å². The molecule has 2 aliphatic heterocycles. The van der Waals surface area contributed by atoms with Crippen LogP contribution in [0.15, 0.2) is 24.3 Å². The highest BCUT2D eigenvalue weighted by Gasteiger charge is 2.50. The van der Waals surface area contributed by atoms with Crippen LogP contribution in [0.2, 0.25) is 0 Å². The molecule has 2 aliphatic rings.